The van der Waals surface area contributed by atoms with E-state index in [0.29, 0.717) is 12.6 Å². The van der Waals surface area contributed by atoms with Crippen molar-refractivity contribution < 1.29 is 9.59 Å². The third kappa shape index (κ3) is 3.79. The molecule has 0 aromatic heterocycles. The van der Waals surface area contributed by atoms with E-state index in [4.69, 9.17) is 11.5 Å². The van der Waals surface area contributed by atoms with Crippen LogP contribution in [0.4, 0.5) is 0 Å². The molecule has 0 spiro atoms. The van der Waals surface area contributed by atoms with E-state index >= 15 is 0 Å². The van der Waals surface area contributed by atoms with Gasteiger partial charge in [0.05, 0.1) is 0 Å². The Morgan fingerprint density at radius 3 is 2.18 bits per heavy atom. The van der Waals surface area contributed by atoms with E-state index in [1.165, 1.54) is 0 Å². The van der Waals surface area contributed by atoms with Crippen LogP contribution in [0.1, 0.15) is 46.0 Å². The highest BCUT2D eigenvalue weighted by Gasteiger charge is 2.40. The quantitative estimate of drug-likeness (QED) is 0.764. The molecule has 126 valence electrons. The maximum Gasteiger partial charge on any atom is 0.226 e. The Morgan fingerprint density at radius 2 is 1.68 bits per heavy atom. The summed E-state index contributed by atoms with van der Waals surface area (Å²) in [5.74, 6) is -0.0877. The first-order valence-corrected chi connectivity index (χ1v) is 8.48. The molecule has 0 radical (unpaired) electrons. The molecule has 2 amide bonds. The third-order valence-electron chi connectivity index (χ3n) is 5.19. The van der Waals surface area contributed by atoms with Gasteiger partial charge >= 0.3 is 0 Å². The first kappa shape index (κ1) is 17.2. The van der Waals surface area contributed by atoms with Crippen LogP contribution < -0.4 is 11.5 Å². The van der Waals surface area contributed by atoms with E-state index in [1.807, 2.05) is 4.90 Å². The number of likely N-dealkylation sites (tertiary alicyclic amines) is 2. The second-order valence-corrected chi connectivity index (χ2v) is 6.94. The lowest BCUT2D eigenvalue weighted by Gasteiger charge is -2.38. The van der Waals surface area contributed by atoms with Crippen molar-refractivity contribution in [3.8, 4) is 0 Å². The van der Waals surface area contributed by atoms with Gasteiger partial charge in [-0.25, -0.2) is 0 Å². The van der Waals surface area contributed by atoms with Gasteiger partial charge in [0.1, 0.15) is 0 Å². The van der Waals surface area contributed by atoms with E-state index in [0.717, 1.165) is 38.8 Å². The number of carbonyl (C=O) groups is 2. The minimum Gasteiger partial charge on any atom is -0.370 e. The average molecular weight is 310 g/mol. The molecule has 2 fully saturated rings. The molecule has 22 heavy (non-hydrogen) atoms. The Labute approximate surface area is 133 Å². The van der Waals surface area contributed by atoms with Gasteiger partial charge in [0.2, 0.25) is 11.8 Å². The molecule has 2 aliphatic rings. The maximum absolute atomic E-state index is 12.9. The van der Waals surface area contributed by atoms with E-state index in [-0.39, 0.29) is 36.2 Å². The van der Waals surface area contributed by atoms with Crippen LogP contribution in [0.25, 0.3) is 0 Å². The van der Waals surface area contributed by atoms with Gasteiger partial charge in [-0.05, 0) is 52.6 Å². The second-order valence-electron chi connectivity index (χ2n) is 6.94. The third-order valence-corrected chi connectivity index (χ3v) is 5.19. The van der Waals surface area contributed by atoms with Crippen molar-refractivity contribution in [1.82, 2.24) is 9.80 Å². The summed E-state index contributed by atoms with van der Waals surface area (Å²) in [6, 6.07) is 0.545. The van der Waals surface area contributed by atoms with Gasteiger partial charge in [-0.1, -0.05) is 0 Å². The van der Waals surface area contributed by atoms with E-state index in [1.54, 1.807) is 0 Å². The molecule has 2 atom stereocenters. The molecule has 0 aromatic carbocycles. The van der Waals surface area contributed by atoms with Crippen molar-refractivity contribution in [2.24, 2.45) is 17.4 Å². The van der Waals surface area contributed by atoms with Crippen LogP contribution in [0.15, 0.2) is 0 Å². The molecule has 6 heteroatoms. The van der Waals surface area contributed by atoms with Crippen LogP contribution >= 0.6 is 0 Å². The smallest absolute Gasteiger partial charge is 0.226 e. The summed E-state index contributed by atoms with van der Waals surface area (Å²) in [4.78, 5) is 28.5. The first-order chi connectivity index (χ1) is 10.4. The predicted molar refractivity (Wildman–Crippen MR) is 86.0 cm³/mol. The zero-order chi connectivity index (χ0) is 16.3. The molecule has 2 rings (SSSR count). The normalized spacial score (nSPS) is 27.5. The number of carbonyl (C=O) groups excluding carboxylic acids is 2. The van der Waals surface area contributed by atoms with Gasteiger partial charge < -0.3 is 21.3 Å². The largest absolute Gasteiger partial charge is 0.370 e. The molecular weight excluding hydrogens is 280 g/mol. The molecule has 0 aromatic rings. The lowest BCUT2D eigenvalue weighted by molar-refractivity contribution is -0.140. The van der Waals surface area contributed by atoms with Crippen LogP contribution in [0.5, 0.6) is 0 Å². The second kappa shape index (κ2) is 7.42. The monoisotopic (exact) mass is 310 g/mol. The summed E-state index contributed by atoms with van der Waals surface area (Å²) in [6.07, 6.45) is 3.77. The van der Waals surface area contributed by atoms with Gasteiger partial charge in [-0.3, -0.25) is 9.59 Å². The Kier molecular flexibility index (Phi) is 5.81. The van der Waals surface area contributed by atoms with Crippen molar-refractivity contribution in [3.63, 3.8) is 0 Å². The van der Waals surface area contributed by atoms with Gasteiger partial charge in [-0.2, -0.15) is 0 Å². The fourth-order valence-corrected chi connectivity index (χ4v) is 3.86. The number of nitrogens with two attached hydrogens (primary N) is 2. The van der Waals surface area contributed by atoms with Crippen LogP contribution in [0, 0.1) is 5.92 Å². The highest BCUT2D eigenvalue weighted by Crippen LogP contribution is 2.30. The Morgan fingerprint density at radius 1 is 1.09 bits per heavy atom. The summed E-state index contributed by atoms with van der Waals surface area (Å²) in [5.41, 5.74) is 11.2. The van der Waals surface area contributed by atoms with Crippen molar-refractivity contribution >= 4 is 11.8 Å². The summed E-state index contributed by atoms with van der Waals surface area (Å²) in [7, 11) is 0. The molecule has 0 bridgehead atoms. The van der Waals surface area contributed by atoms with Crippen molar-refractivity contribution in [2.45, 2.75) is 64.1 Å². The topological polar surface area (TPSA) is 92.7 Å². The molecule has 0 unspecified atom stereocenters. The minimum absolute atomic E-state index is 0.0540. The van der Waals surface area contributed by atoms with Gasteiger partial charge in [-0.15, -0.1) is 0 Å². The number of hydrogen-bond donors (Lipinski definition) is 2. The zero-order valence-corrected chi connectivity index (χ0v) is 13.8. The molecule has 0 saturated carbocycles. The fourth-order valence-electron chi connectivity index (χ4n) is 3.86. The highest BCUT2D eigenvalue weighted by molar-refractivity contribution is 5.81. The lowest BCUT2D eigenvalue weighted by atomic mass is 9.93. The number of piperidine rings is 1. The standard InChI is InChI=1S/C16H30N4O2/c1-11(2)19-7-5-12(6-8-19)16(22)20-13(9-15(18)21)3-4-14(20)10-17/h11-14H,3-10,17H2,1-2H3,(H2,18,21)/t13-,14+/m1/s1. The van der Waals surface area contributed by atoms with Crippen LogP contribution in [-0.2, 0) is 9.59 Å². The molecule has 2 aliphatic heterocycles. The van der Waals surface area contributed by atoms with Crippen molar-refractivity contribution in [3.05, 3.63) is 0 Å². The SMILES string of the molecule is CC(C)N1CCC(C(=O)N2[C@H](CN)CC[C@@H]2CC(N)=O)CC1. The van der Waals surface area contributed by atoms with E-state index in [9.17, 15) is 9.59 Å². The fraction of sp³-hybridized carbons (Fsp3) is 0.875. The number of rotatable bonds is 5. The maximum atomic E-state index is 12.9. The number of primary amides is 1. The van der Waals surface area contributed by atoms with Crippen LogP contribution in [0.3, 0.4) is 0 Å². The molecule has 2 heterocycles. The number of nitrogens with zero attached hydrogens (tertiary/aromatic N) is 2. The molecule has 4 N–H and O–H groups in total. The van der Waals surface area contributed by atoms with Crippen LogP contribution in [-0.4, -0.2) is 59.4 Å². The van der Waals surface area contributed by atoms with E-state index in [2.05, 4.69) is 18.7 Å². The molecular formula is C16H30N4O2. The summed E-state index contributed by atoms with van der Waals surface area (Å²) in [6.45, 7) is 6.78. The average Bonchev–Trinajstić information content (AvgIpc) is 2.88. The summed E-state index contributed by atoms with van der Waals surface area (Å²) in [5, 5.41) is 0. The van der Waals surface area contributed by atoms with Gasteiger partial charge in [0, 0.05) is 37.0 Å². The predicted octanol–water partition coefficient (Wildman–Crippen LogP) is 0.301. The van der Waals surface area contributed by atoms with E-state index < -0.39 is 0 Å². The number of amides is 2. The van der Waals surface area contributed by atoms with Crippen molar-refractivity contribution in [2.75, 3.05) is 19.6 Å². The van der Waals surface area contributed by atoms with Gasteiger partial charge in [0.25, 0.3) is 0 Å². The van der Waals surface area contributed by atoms with Gasteiger partial charge in [0.15, 0.2) is 0 Å². The Balaban J connectivity index is 2.01. The molecule has 6 nitrogen and oxygen atoms in total. The Hall–Kier alpha value is -1.14. The molecule has 2 saturated heterocycles. The summed E-state index contributed by atoms with van der Waals surface area (Å²) >= 11 is 0. The lowest BCUT2D eigenvalue weighted by Crippen LogP contribution is -2.50. The first-order valence-electron chi connectivity index (χ1n) is 8.48. The number of hydrogen-bond acceptors (Lipinski definition) is 4. The van der Waals surface area contributed by atoms with Crippen molar-refractivity contribution in [1.29, 1.82) is 0 Å². The Bertz CT molecular complexity index is 405. The zero-order valence-electron chi connectivity index (χ0n) is 13.8. The van der Waals surface area contributed by atoms with Crippen LogP contribution in [0.2, 0.25) is 0 Å². The highest BCUT2D eigenvalue weighted by atomic mass is 16.2. The molecule has 0 aliphatic carbocycles. The minimum atomic E-state index is -0.338. The summed E-state index contributed by atoms with van der Waals surface area (Å²) < 4.78 is 0.